The van der Waals surface area contributed by atoms with E-state index in [-0.39, 0.29) is 24.3 Å². The minimum absolute atomic E-state index is 0.0417. The lowest BCUT2D eigenvalue weighted by atomic mass is 10.1. The molecular formula is C27H29N3O4S. The monoisotopic (exact) mass is 491 g/mol. The van der Waals surface area contributed by atoms with Crippen LogP contribution in [0.2, 0.25) is 0 Å². The molecular weight excluding hydrogens is 462 g/mol. The maximum atomic E-state index is 12.5. The third-order valence-corrected chi connectivity index (χ3v) is 6.37. The van der Waals surface area contributed by atoms with Crippen molar-refractivity contribution in [1.82, 2.24) is 5.32 Å². The first kappa shape index (κ1) is 25.7. The molecule has 3 aromatic rings. The summed E-state index contributed by atoms with van der Waals surface area (Å²) in [7, 11) is -3.69. The van der Waals surface area contributed by atoms with Crippen LogP contribution in [0.25, 0.3) is 6.08 Å². The standard InChI is InChI=1S/C27H29N3O4S/c1-3-20(2)26(31)29-25-11-7-10-22(18-25)19-28-27(32)23-12-14-24(15-13-23)30-35(33,34)17-16-21-8-5-4-6-9-21/h4-18,20,30H,3,19H2,1-2H3,(H,28,32)(H,29,31). The fraction of sp³-hybridized carbons (Fsp3) is 0.185. The number of hydrogen-bond donors (Lipinski definition) is 3. The van der Waals surface area contributed by atoms with Crippen molar-refractivity contribution in [3.63, 3.8) is 0 Å². The molecule has 35 heavy (non-hydrogen) atoms. The molecule has 0 bridgehead atoms. The predicted molar refractivity (Wildman–Crippen MR) is 140 cm³/mol. The van der Waals surface area contributed by atoms with E-state index in [0.29, 0.717) is 16.9 Å². The first-order chi connectivity index (χ1) is 16.8. The highest BCUT2D eigenvalue weighted by Crippen LogP contribution is 2.15. The van der Waals surface area contributed by atoms with E-state index in [1.165, 1.54) is 18.2 Å². The molecule has 0 saturated carbocycles. The Kier molecular flexibility index (Phi) is 8.80. The van der Waals surface area contributed by atoms with Crippen molar-refractivity contribution >= 4 is 39.3 Å². The van der Waals surface area contributed by atoms with Crippen LogP contribution in [-0.2, 0) is 21.4 Å². The van der Waals surface area contributed by atoms with Gasteiger partial charge in [-0.3, -0.25) is 14.3 Å². The summed E-state index contributed by atoms with van der Waals surface area (Å²) in [4.78, 5) is 24.6. The molecule has 1 unspecified atom stereocenters. The Balaban J connectivity index is 1.55. The quantitative estimate of drug-likeness (QED) is 0.371. The van der Waals surface area contributed by atoms with Gasteiger partial charge in [-0.15, -0.1) is 0 Å². The zero-order valence-corrected chi connectivity index (χ0v) is 20.5. The van der Waals surface area contributed by atoms with Gasteiger partial charge in [-0.05, 0) is 60.0 Å². The number of sulfonamides is 1. The lowest BCUT2D eigenvalue weighted by molar-refractivity contribution is -0.119. The second-order valence-corrected chi connectivity index (χ2v) is 9.69. The maximum Gasteiger partial charge on any atom is 0.255 e. The largest absolute Gasteiger partial charge is 0.348 e. The molecule has 2 amide bonds. The van der Waals surface area contributed by atoms with E-state index in [4.69, 9.17) is 0 Å². The van der Waals surface area contributed by atoms with Crippen molar-refractivity contribution in [3.8, 4) is 0 Å². The molecule has 7 nitrogen and oxygen atoms in total. The maximum absolute atomic E-state index is 12.5. The zero-order chi connectivity index (χ0) is 25.3. The van der Waals surface area contributed by atoms with Gasteiger partial charge in [0.25, 0.3) is 15.9 Å². The molecule has 0 aliphatic rings. The smallest absolute Gasteiger partial charge is 0.255 e. The lowest BCUT2D eigenvalue weighted by Crippen LogP contribution is -2.23. The second kappa shape index (κ2) is 12.0. The minimum atomic E-state index is -3.69. The summed E-state index contributed by atoms with van der Waals surface area (Å²) in [6, 6.07) is 22.6. The Morgan fingerprint density at radius 1 is 0.914 bits per heavy atom. The molecule has 0 spiro atoms. The topological polar surface area (TPSA) is 104 Å². The fourth-order valence-corrected chi connectivity index (χ4v) is 3.98. The van der Waals surface area contributed by atoms with Crippen molar-refractivity contribution in [1.29, 1.82) is 0 Å². The number of carbonyl (C=O) groups is 2. The molecule has 3 rings (SSSR count). The summed E-state index contributed by atoms with van der Waals surface area (Å²) in [5.74, 6) is -0.414. The van der Waals surface area contributed by atoms with Gasteiger partial charge in [0, 0.05) is 29.4 Å². The summed E-state index contributed by atoms with van der Waals surface area (Å²) in [5, 5.41) is 6.82. The highest BCUT2D eigenvalue weighted by Gasteiger charge is 2.11. The number of rotatable bonds is 10. The molecule has 0 aliphatic carbocycles. The second-order valence-electron chi connectivity index (χ2n) is 8.12. The van der Waals surface area contributed by atoms with E-state index >= 15 is 0 Å². The molecule has 0 fully saturated rings. The van der Waals surface area contributed by atoms with E-state index in [1.807, 2.05) is 50.2 Å². The summed E-state index contributed by atoms with van der Waals surface area (Å²) >= 11 is 0. The van der Waals surface area contributed by atoms with Gasteiger partial charge < -0.3 is 10.6 Å². The summed E-state index contributed by atoms with van der Waals surface area (Å²) in [5.41, 5.74) is 3.04. The van der Waals surface area contributed by atoms with E-state index in [2.05, 4.69) is 15.4 Å². The van der Waals surface area contributed by atoms with Gasteiger partial charge in [0.15, 0.2) is 0 Å². The van der Waals surface area contributed by atoms with Crippen LogP contribution in [-0.4, -0.2) is 20.2 Å². The zero-order valence-electron chi connectivity index (χ0n) is 19.7. The number of hydrogen-bond acceptors (Lipinski definition) is 4. The van der Waals surface area contributed by atoms with Crippen molar-refractivity contribution in [2.75, 3.05) is 10.0 Å². The average molecular weight is 492 g/mol. The number of benzene rings is 3. The molecule has 0 radical (unpaired) electrons. The highest BCUT2D eigenvalue weighted by molar-refractivity contribution is 7.95. The first-order valence-corrected chi connectivity index (χ1v) is 12.8. The van der Waals surface area contributed by atoms with Gasteiger partial charge in [-0.25, -0.2) is 8.42 Å². The van der Waals surface area contributed by atoms with Crippen LogP contribution in [0.5, 0.6) is 0 Å². The molecule has 3 aromatic carbocycles. The van der Waals surface area contributed by atoms with Gasteiger partial charge in [0.05, 0.1) is 5.41 Å². The van der Waals surface area contributed by atoms with Gasteiger partial charge in [-0.2, -0.15) is 0 Å². The molecule has 182 valence electrons. The Morgan fingerprint density at radius 3 is 2.31 bits per heavy atom. The van der Waals surface area contributed by atoms with E-state index < -0.39 is 10.0 Å². The minimum Gasteiger partial charge on any atom is -0.348 e. The van der Waals surface area contributed by atoms with Gasteiger partial charge >= 0.3 is 0 Å². The van der Waals surface area contributed by atoms with Crippen LogP contribution < -0.4 is 15.4 Å². The van der Waals surface area contributed by atoms with Crippen molar-refractivity contribution in [2.45, 2.75) is 26.8 Å². The van der Waals surface area contributed by atoms with Gasteiger partial charge in [0.1, 0.15) is 0 Å². The molecule has 0 saturated heterocycles. The Hall–Kier alpha value is -3.91. The first-order valence-electron chi connectivity index (χ1n) is 11.3. The van der Waals surface area contributed by atoms with Crippen LogP contribution in [0.1, 0.15) is 41.8 Å². The Labute approximate surface area is 206 Å². The molecule has 3 N–H and O–H groups in total. The third kappa shape index (κ3) is 8.12. The Bertz CT molecular complexity index is 1290. The van der Waals surface area contributed by atoms with Crippen LogP contribution in [0, 0.1) is 5.92 Å². The third-order valence-electron chi connectivity index (χ3n) is 5.35. The summed E-state index contributed by atoms with van der Waals surface area (Å²) in [6.45, 7) is 4.11. The van der Waals surface area contributed by atoms with Crippen molar-refractivity contribution in [2.24, 2.45) is 5.92 Å². The normalized spacial score (nSPS) is 12.2. The van der Waals surface area contributed by atoms with Crippen LogP contribution in [0.4, 0.5) is 11.4 Å². The predicted octanol–water partition coefficient (Wildman–Crippen LogP) is 5.01. The van der Waals surface area contributed by atoms with Gasteiger partial charge in [0.2, 0.25) is 5.91 Å². The van der Waals surface area contributed by atoms with Gasteiger partial charge in [-0.1, -0.05) is 56.3 Å². The number of amides is 2. The van der Waals surface area contributed by atoms with Crippen molar-refractivity contribution < 1.29 is 18.0 Å². The van der Waals surface area contributed by atoms with Crippen molar-refractivity contribution in [3.05, 3.63) is 101 Å². The number of carbonyl (C=O) groups excluding carboxylic acids is 2. The highest BCUT2D eigenvalue weighted by atomic mass is 32.2. The molecule has 1 atom stereocenters. The van der Waals surface area contributed by atoms with Crippen LogP contribution in [0.15, 0.2) is 84.3 Å². The van der Waals surface area contributed by atoms with E-state index in [0.717, 1.165) is 23.0 Å². The average Bonchev–Trinajstić information content (AvgIpc) is 2.86. The molecule has 0 aromatic heterocycles. The SMILES string of the molecule is CCC(C)C(=O)Nc1cccc(CNC(=O)c2ccc(NS(=O)(=O)C=Cc3ccccc3)cc2)c1. The summed E-state index contributed by atoms with van der Waals surface area (Å²) < 4.78 is 27.1. The number of anilines is 2. The van der Waals surface area contributed by atoms with Crippen LogP contribution >= 0.6 is 0 Å². The summed E-state index contributed by atoms with van der Waals surface area (Å²) in [6.07, 6.45) is 2.27. The molecule has 8 heteroatoms. The fourth-order valence-electron chi connectivity index (χ4n) is 3.11. The Morgan fingerprint density at radius 2 is 1.63 bits per heavy atom. The van der Waals surface area contributed by atoms with E-state index in [9.17, 15) is 18.0 Å². The van der Waals surface area contributed by atoms with E-state index in [1.54, 1.807) is 30.3 Å². The molecule has 0 aliphatic heterocycles. The van der Waals surface area contributed by atoms with Crippen LogP contribution in [0.3, 0.4) is 0 Å². The molecule has 0 heterocycles. The number of nitrogens with one attached hydrogen (secondary N) is 3. The lowest BCUT2D eigenvalue weighted by Gasteiger charge is -2.12.